The molecule has 0 fully saturated rings. The van der Waals surface area contributed by atoms with Crippen LogP contribution < -0.4 is 10.6 Å². The third-order valence-corrected chi connectivity index (χ3v) is 3.32. The molecule has 1 amide bonds. The minimum Gasteiger partial charge on any atom is -0.369 e. The number of pyridine rings is 1. The number of hydrogen-bond donors (Lipinski definition) is 1. The molecule has 0 saturated carbocycles. The molecule has 0 unspecified atom stereocenters. The lowest BCUT2D eigenvalue weighted by Gasteiger charge is -2.22. The number of hydrogen-bond acceptors (Lipinski definition) is 3. The van der Waals surface area contributed by atoms with E-state index in [-0.39, 0.29) is 5.56 Å². The fourth-order valence-electron chi connectivity index (χ4n) is 1.95. The number of carbonyl (C=O) groups excluding carboxylic acids is 1. The second-order valence-corrected chi connectivity index (χ2v) is 5.27. The normalized spacial score (nSPS) is 10.3. The van der Waals surface area contributed by atoms with Crippen LogP contribution in [-0.4, -0.2) is 17.9 Å². The van der Waals surface area contributed by atoms with Gasteiger partial charge in [-0.1, -0.05) is 15.9 Å². The first-order valence-electron chi connectivity index (χ1n) is 5.88. The van der Waals surface area contributed by atoms with Crippen LogP contribution in [0.4, 0.5) is 10.1 Å². The van der Waals surface area contributed by atoms with Crippen molar-refractivity contribution in [3.63, 3.8) is 0 Å². The van der Waals surface area contributed by atoms with E-state index in [1.165, 1.54) is 6.07 Å². The van der Waals surface area contributed by atoms with Crippen LogP contribution in [0.2, 0.25) is 0 Å². The number of amides is 1. The smallest absolute Gasteiger partial charge is 0.253 e. The van der Waals surface area contributed by atoms with Gasteiger partial charge in [0.05, 0.1) is 11.3 Å². The highest BCUT2D eigenvalue weighted by molar-refractivity contribution is 9.10. The first kappa shape index (κ1) is 14.5. The van der Waals surface area contributed by atoms with Crippen molar-refractivity contribution >= 4 is 27.5 Å². The summed E-state index contributed by atoms with van der Waals surface area (Å²) in [5.41, 5.74) is 6.60. The summed E-state index contributed by atoms with van der Waals surface area (Å²) in [5, 5.41) is 0. The molecule has 0 saturated heterocycles. The molecule has 2 N–H and O–H groups in total. The zero-order valence-corrected chi connectivity index (χ0v) is 12.4. The second kappa shape index (κ2) is 6.00. The number of halogens is 2. The number of carbonyl (C=O) groups is 1. The summed E-state index contributed by atoms with van der Waals surface area (Å²) in [6, 6.07) is 6.61. The Kier molecular flexibility index (Phi) is 4.34. The summed E-state index contributed by atoms with van der Waals surface area (Å²) in [6.45, 7) is 0.513. The van der Waals surface area contributed by atoms with Gasteiger partial charge in [-0.25, -0.2) is 4.39 Å². The van der Waals surface area contributed by atoms with Gasteiger partial charge in [-0.3, -0.25) is 9.78 Å². The molecule has 4 nitrogen and oxygen atoms in total. The standard InChI is InChI=1S/C14H13BrFN3O/c1-19(8-9-2-4-18-5-3-9)12-7-10(15)6-11(16)13(12)14(17)20/h2-7H,8H2,1H3,(H2,17,20). The molecule has 0 aliphatic carbocycles. The van der Waals surface area contributed by atoms with E-state index in [2.05, 4.69) is 20.9 Å². The van der Waals surface area contributed by atoms with Crippen LogP contribution in [0.1, 0.15) is 15.9 Å². The predicted octanol–water partition coefficient (Wildman–Crippen LogP) is 2.72. The highest BCUT2D eigenvalue weighted by Gasteiger charge is 2.18. The van der Waals surface area contributed by atoms with Crippen molar-refractivity contribution in [2.24, 2.45) is 5.73 Å². The molecular formula is C14H13BrFN3O. The number of aromatic nitrogens is 1. The Bertz CT molecular complexity index is 634. The molecule has 2 aromatic rings. The minimum absolute atomic E-state index is 0.107. The van der Waals surface area contributed by atoms with E-state index in [0.29, 0.717) is 16.7 Å². The topological polar surface area (TPSA) is 59.2 Å². The molecule has 104 valence electrons. The summed E-state index contributed by atoms with van der Waals surface area (Å²) in [6.07, 6.45) is 3.36. The van der Waals surface area contributed by atoms with E-state index < -0.39 is 11.7 Å². The summed E-state index contributed by atoms with van der Waals surface area (Å²) >= 11 is 3.22. The molecule has 20 heavy (non-hydrogen) atoms. The third kappa shape index (κ3) is 3.14. The van der Waals surface area contributed by atoms with Crippen LogP contribution in [0.5, 0.6) is 0 Å². The van der Waals surface area contributed by atoms with Gasteiger partial charge >= 0.3 is 0 Å². The van der Waals surface area contributed by atoms with Gasteiger partial charge in [0.2, 0.25) is 0 Å². The van der Waals surface area contributed by atoms with Gasteiger partial charge in [-0.05, 0) is 29.8 Å². The fraction of sp³-hybridized carbons (Fsp3) is 0.143. The lowest BCUT2D eigenvalue weighted by molar-refractivity contribution is 0.0997. The molecule has 0 aliphatic rings. The molecule has 0 aliphatic heterocycles. The van der Waals surface area contributed by atoms with Gasteiger partial charge in [0.25, 0.3) is 5.91 Å². The molecular weight excluding hydrogens is 325 g/mol. The number of anilines is 1. The van der Waals surface area contributed by atoms with Crippen molar-refractivity contribution in [1.29, 1.82) is 0 Å². The number of benzene rings is 1. The van der Waals surface area contributed by atoms with Crippen molar-refractivity contribution in [3.8, 4) is 0 Å². The molecule has 2 rings (SSSR count). The largest absolute Gasteiger partial charge is 0.369 e. The zero-order chi connectivity index (χ0) is 14.7. The van der Waals surface area contributed by atoms with Gasteiger partial charge in [0.1, 0.15) is 5.82 Å². The Balaban J connectivity index is 2.38. The zero-order valence-electron chi connectivity index (χ0n) is 10.8. The average molecular weight is 338 g/mol. The van der Waals surface area contributed by atoms with Crippen LogP contribution in [0.15, 0.2) is 41.1 Å². The summed E-state index contributed by atoms with van der Waals surface area (Å²) in [4.78, 5) is 17.1. The number of primary amides is 1. The fourth-order valence-corrected chi connectivity index (χ4v) is 2.37. The number of rotatable bonds is 4. The first-order chi connectivity index (χ1) is 9.49. The molecule has 1 heterocycles. The van der Waals surface area contributed by atoms with Gasteiger partial charge in [0, 0.05) is 30.5 Å². The van der Waals surface area contributed by atoms with Crippen molar-refractivity contribution in [2.45, 2.75) is 6.54 Å². The number of nitrogens with zero attached hydrogens (tertiary/aromatic N) is 2. The maximum atomic E-state index is 13.9. The van der Waals surface area contributed by atoms with E-state index >= 15 is 0 Å². The second-order valence-electron chi connectivity index (χ2n) is 4.36. The molecule has 0 bridgehead atoms. The van der Waals surface area contributed by atoms with E-state index in [4.69, 9.17) is 5.73 Å². The van der Waals surface area contributed by atoms with Crippen LogP contribution >= 0.6 is 15.9 Å². The Morgan fingerprint density at radius 2 is 2.05 bits per heavy atom. The van der Waals surface area contributed by atoms with Crippen LogP contribution in [0.3, 0.4) is 0 Å². The highest BCUT2D eigenvalue weighted by atomic mass is 79.9. The molecule has 6 heteroatoms. The third-order valence-electron chi connectivity index (χ3n) is 2.86. The molecule has 0 radical (unpaired) electrons. The van der Waals surface area contributed by atoms with Gasteiger partial charge in [-0.2, -0.15) is 0 Å². The summed E-state index contributed by atoms with van der Waals surface area (Å²) in [7, 11) is 1.77. The van der Waals surface area contributed by atoms with Crippen molar-refractivity contribution in [1.82, 2.24) is 4.98 Å². The lowest BCUT2D eigenvalue weighted by atomic mass is 10.1. The van der Waals surface area contributed by atoms with Gasteiger partial charge < -0.3 is 10.6 Å². The molecule has 0 atom stereocenters. The quantitative estimate of drug-likeness (QED) is 0.933. The summed E-state index contributed by atoms with van der Waals surface area (Å²) in [5.74, 6) is -1.42. The molecule has 1 aromatic carbocycles. The van der Waals surface area contributed by atoms with Crippen LogP contribution in [0.25, 0.3) is 0 Å². The van der Waals surface area contributed by atoms with Crippen molar-refractivity contribution in [3.05, 3.63) is 58.1 Å². The average Bonchev–Trinajstić information content (AvgIpc) is 2.38. The van der Waals surface area contributed by atoms with Crippen molar-refractivity contribution in [2.75, 3.05) is 11.9 Å². The SMILES string of the molecule is CN(Cc1ccncc1)c1cc(Br)cc(F)c1C(N)=O. The highest BCUT2D eigenvalue weighted by Crippen LogP contribution is 2.28. The van der Waals surface area contributed by atoms with Crippen LogP contribution in [-0.2, 0) is 6.54 Å². The van der Waals surface area contributed by atoms with E-state index in [9.17, 15) is 9.18 Å². The van der Waals surface area contributed by atoms with E-state index in [1.807, 2.05) is 12.1 Å². The van der Waals surface area contributed by atoms with Crippen molar-refractivity contribution < 1.29 is 9.18 Å². The first-order valence-corrected chi connectivity index (χ1v) is 6.67. The van der Waals surface area contributed by atoms with E-state index in [0.717, 1.165) is 5.56 Å². The van der Waals surface area contributed by atoms with E-state index in [1.54, 1.807) is 30.4 Å². The maximum absolute atomic E-state index is 13.9. The Morgan fingerprint density at radius 1 is 1.40 bits per heavy atom. The Morgan fingerprint density at radius 3 is 2.65 bits per heavy atom. The maximum Gasteiger partial charge on any atom is 0.253 e. The summed E-state index contributed by atoms with van der Waals surface area (Å²) < 4.78 is 14.4. The minimum atomic E-state index is -0.786. The number of nitrogens with two attached hydrogens (primary N) is 1. The molecule has 1 aromatic heterocycles. The lowest BCUT2D eigenvalue weighted by Crippen LogP contribution is -2.23. The van der Waals surface area contributed by atoms with Gasteiger partial charge in [0.15, 0.2) is 0 Å². The van der Waals surface area contributed by atoms with Gasteiger partial charge in [-0.15, -0.1) is 0 Å². The monoisotopic (exact) mass is 337 g/mol. The Labute approximate surface area is 124 Å². The Hall–Kier alpha value is -1.95. The predicted molar refractivity (Wildman–Crippen MR) is 79.0 cm³/mol. The molecule has 0 spiro atoms. The van der Waals surface area contributed by atoms with Crippen LogP contribution in [0, 0.1) is 5.82 Å².